The molecule has 1 aromatic carbocycles. The Morgan fingerprint density at radius 2 is 1.85 bits per heavy atom. The molecule has 0 radical (unpaired) electrons. The smallest absolute Gasteiger partial charge is 0.0874 e. The maximum Gasteiger partial charge on any atom is 0.0874 e. The summed E-state index contributed by atoms with van der Waals surface area (Å²) in [5.74, 6) is 0. The standard InChI is InChI=1S/C14H15Cl3N2O/c1-3-10-14(17)11(19(2)18-10)7-12(20)13-8(15)5-4-6-9(13)16/h4-6,12,20H,3,7H2,1-2H3. The first kappa shape index (κ1) is 15.6. The van der Waals surface area contributed by atoms with E-state index in [4.69, 9.17) is 34.8 Å². The monoisotopic (exact) mass is 332 g/mol. The summed E-state index contributed by atoms with van der Waals surface area (Å²) in [6.07, 6.45) is 0.232. The van der Waals surface area contributed by atoms with Crippen LogP contribution in [-0.4, -0.2) is 14.9 Å². The summed E-state index contributed by atoms with van der Waals surface area (Å²) in [6, 6.07) is 5.15. The van der Waals surface area contributed by atoms with Crippen LogP contribution in [0, 0.1) is 0 Å². The average molecular weight is 334 g/mol. The van der Waals surface area contributed by atoms with Crippen molar-refractivity contribution in [1.82, 2.24) is 9.78 Å². The van der Waals surface area contributed by atoms with Crippen LogP contribution in [0.1, 0.15) is 30.0 Å². The molecule has 1 atom stereocenters. The number of benzene rings is 1. The van der Waals surface area contributed by atoms with E-state index in [0.717, 1.165) is 17.8 Å². The van der Waals surface area contributed by atoms with Crippen LogP contribution in [0.25, 0.3) is 0 Å². The van der Waals surface area contributed by atoms with Crippen molar-refractivity contribution in [3.8, 4) is 0 Å². The molecule has 0 bridgehead atoms. The molecule has 1 unspecified atom stereocenters. The minimum absolute atomic E-state index is 0.311. The van der Waals surface area contributed by atoms with Crippen molar-refractivity contribution in [3.05, 3.63) is 50.2 Å². The lowest BCUT2D eigenvalue weighted by molar-refractivity contribution is 0.176. The van der Waals surface area contributed by atoms with E-state index in [9.17, 15) is 5.11 Å². The fourth-order valence-electron chi connectivity index (χ4n) is 2.16. The van der Waals surface area contributed by atoms with Crippen LogP contribution in [0.15, 0.2) is 18.2 Å². The van der Waals surface area contributed by atoms with E-state index in [-0.39, 0.29) is 0 Å². The van der Waals surface area contributed by atoms with E-state index in [1.165, 1.54) is 0 Å². The Hall–Kier alpha value is -0.740. The maximum atomic E-state index is 10.4. The minimum Gasteiger partial charge on any atom is -0.388 e. The number of nitrogens with zero attached hydrogens (tertiary/aromatic N) is 2. The Kier molecular flexibility index (Phi) is 4.97. The van der Waals surface area contributed by atoms with Crippen molar-refractivity contribution in [2.45, 2.75) is 25.9 Å². The molecular weight excluding hydrogens is 319 g/mol. The molecule has 1 heterocycles. The quantitative estimate of drug-likeness (QED) is 0.909. The summed E-state index contributed by atoms with van der Waals surface area (Å²) in [4.78, 5) is 0. The van der Waals surface area contributed by atoms with Crippen LogP contribution in [0.4, 0.5) is 0 Å². The number of rotatable bonds is 4. The first-order valence-electron chi connectivity index (χ1n) is 6.27. The highest BCUT2D eigenvalue weighted by atomic mass is 35.5. The fraction of sp³-hybridized carbons (Fsp3) is 0.357. The van der Waals surface area contributed by atoms with Crippen LogP contribution in [0.2, 0.25) is 15.1 Å². The molecule has 2 rings (SSSR count). The summed E-state index contributed by atoms with van der Waals surface area (Å²) in [6.45, 7) is 1.99. The van der Waals surface area contributed by atoms with Gasteiger partial charge in [-0.2, -0.15) is 5.10 Å². The largest absolute Gasteiger partial charge is 0.388 e. The van der Waals surface area contributed by atoms with Gasteiger partial charge in [-0.05, 0) is 18.6 Å². The lowest BCUT2D eigenvalue weighted by Crippen LogP contribution is -2.08. The van der Waals surface area contributed by atoms with Gasteiger partial charge in [-0.15, -0.1) is 0 Å². The van der Waals surface area contributed by atoms with Gasteiger partial charge in [0.05, 0.1) is 22.5 Å². The number of aryl methyl sites for hydroxylation is 2. The van der Waals surface area contributed by atoms with Gasteiger partial charge in [-0.1, -0.05) is 47.8 Å². The molecule has 0 aliphatic rings. The van der Waals surface area contributed by atoms with Crippen molar-refractivity contribution in [2.75, 3.05) is 0 Å². The van der Waals surface area contributed by atoms with E-state index in [1.54, 1.807) is 29.9 Å². The number of aromatic nitrogens is 2. The molecule has 20 heavy (non-hydrogen) atoms. The molecule has 0 aliphatic heterocycles. The molecule has 0 fully saturated rings. The molecule has 3 nitrogen and oxygen atoms in total. The lowest BCUT2D eigenvalue weighted by atomic mass is 10.0. The number of aliphatic hydroxyl groups excluding tert-OH is 1. The highest BCUT2D eigenvalue weighted by Gasteiger charge is 2.21. The van der Waals surface area contributed by atoms with Gasteiger partial charge in [0.15, 0.2) is 0 Å². The molecule has 6 heteroatoms. The zero-order chi connectivity index (χ0) is 14.9. The molecule has 2 aromatic rings. The van der Waals surface area contributed by atoms with Gasteiger partial charge in [0.2, 0.25) is 0 Å². The van der Waals surface area contributed by atoms with Gasteiger partial charge < -0.3 is 5.11 Å². The van der Waals surface area contributed by atoms with Gasteiger partial charge in [0.25, 0.3) is 0 Å². The van der Waals surface area contributed by atoms with E-state index in [2.05, 4.69) is 5.10 Å². The third kappa shape index (κ3) is 2.96. The second-order valence-electron chi connectivity index (χ2n) is 4.54. The highest BCUT2D eigenvalue weighted by Crippen LogP contribution is 2.33. The van der Waals surface area contributed by atoms with Crippen LogP contribution in [0.3, 0.4) is 0 Å². The first-order chi connectivity index (χ1) is 9.45. The Morgan fingerprint density at radius 1 is 1.25 bits per heavy atom. The Bertz CT molecular complexity index is 605. The fourth-order valence-corrected chi connectivity index (χ4v) is 3.18. The second kappa shape index (κ2) is 6.35. The molecule has 1 N–H and O–H groups in total. The summed E-state index contributed by atoms with van der Waals surface area (Å²) in [5, 5.41) is 16.2. The van der Waals surface area contributed by atoms with E-state index in [1.807, 2.05) is 6.92 Å². The van der Waals surface area contributed by atoms with Gasteiger partial charge >= 0.3 is 0 Å². The van der Waals surface area contributed by atoms with Gasteiger partial charge in [-0.3, -0.25) is 4.68 Å². The van der Waals surface area contributed by atoms with Crippen LogP contribution in [-0.2, 0) is 19.9 Å². The molecule has 0 spiro atoms. The minimum atomic E-state index is -0.825. The van der Waals surface area contributed by atoms with Crippen molar-refractivity contribution < 1.29 is 5.11 Å². The molecule has 1 aromatic heterocycles. The molecule has 108 valence electrons. The molecular formula is C14H15Cl3N2O. The Labute approximate surface area is 133 Å². The Balaban J connectivity index is 2.33. The topological polar surface area (TPSA) is 38.0 Å². The summed E-state index contributed by atoms with van der Waals surface area (Å²) >= 11 is 18.5. The van der Waals surface area contributed by atoms with Crippen molar-refractivity contribution in [2.24, 2.45) is 7.05 Å². The lowest BCUT2D eigenvalue weighted by Gasteiger charge is -2.14. The molecule has 0 saturated heterocycles. The second-order valence-corrected chi connectivity index (χ2v) is 5.73. The SMILES string of the molecule is CCc1nn(C)c(CC(O)c2c(Cl)cccc2Cl)c1Cl. The van der Waals surface area contributed by atoms with Crippen LogP contribution >= 0.6 is 34.8 Å². The maximum absolute atomic E-state index is 10.4. The zero-order valence-electron chi connectivity index (χ0n) is 11.2. The van der Waals surface area contributed by atoms with Gasteiger partial charge in [0.1, 0.15) is 0 Å². The van der Waals surface area contributed by atoms with Crippen LogP contribution < -0.4 is 0 Å². The number of halogens is 3. The Morgan fingerprint density at radius 3 is 2.35 bits per heavy atom. The van der Waals surface area contributed by atoms with Crippen LogP contribution in [0.5, 0.6) is 0 Å². The first-order valence-corrected chi connectivity index (χ1v) is 7.41. The van der Waals surface area contributed by atoms with E-state index >= 15 is 0 Å². The number of hydrogen-bond acceptors (Lipinski definition) is 2. The molecule has 0 amide bonds. The van der Waals surface area contributed by atoms with Crippen molar-refractivity contribution >= 4 is 34.8 Å². The number of aliphatic hydroxyl groups is 1. The normalized spacial score (nSPS) is 12.7. The van der Waals surface area contributed by atoms with Gasteiger partial charge in [0, 0.05) is 29.1 Å². The van der Waals surface area contributed by atoms with Gasteiger partial charge in [-0.25, -0.2) is 0 Å². The average Bonchev–Trinajstić information content (AvgIpc) is 2.66. The van der Waals surface area contributed by atoms with E-state index in [0.29, 0.717) is 27.1 Å². The third-order valence-electron chi connectivity index (χ3n) is 3.22. The predicted molar refractivity (Wildman–Crippen MR) is 82.7 cm³/mol. The van der Waals surface area contributed by atoms with E-state index < -0.39 is 6.10 Å². The third-order valence-corrected chi connectivity index (χ3v) is 4.32. The predicted octanol–water partition coefficient (Wildman–Crippen LogP) is 4.22. The van der Waals surface area contributed by atoms with Crippen molar-refractivity contribution in [1.29, 1.82) is 0 Å². The highest BCUT2D eigenvalue weighted by molar-refractivity contribution is 6.36. The summed E-state index contributed by atoms with van der Waals surface area (Å²) in [7, 11) is 1.81. The molecule has 0 aliphatic carbocycles. The summed E-state index contributed by atoms with van der Waals surface area (Å²) in [5.41, 5.74) is 2.11. The zero-order valence-corrected chi connectivity index (χ0v) is 13.5. The molecule has 0 saturated carbocycles. The number of hydrogen-bond donors (Lipinski definition) is 1. The summed E-state index contributed by atoms with van der Waals surface area (Å²) < 4.78 is 1.69. The van der Waals surface area contributed by atoms with Crippen molar-refractivity contribution in [3.63, 3.8) is 0 Å².